The average Bonchev–Trinajstić information content (AvgIpc) is 3.24. The molecule has 2 aromatic carbocycles. The molecular weight excluding hydrogens is 496 g/mol. The number of ether oxygens (including phenoxy) is 1. The summed E-state index contributed by atoms with van der Waals surface area (Å²) >= 11 is 0. The van der Waals surface area contributed by atoms with Crippen molar-refractivity contribution >= 4 is 21.1 Å². The van der Waals surface area contributed by atoms with E-state index < -0.39 is 10.2 Å². The predicted molar refractivity (Wildman–Crippen MR) is 153 cm³/mol. The number of rotatable bonds is 6. The summed E-state index contributed by atoms with van der Waals surface area (Å²) < 4.78 is 33.8. The number of hydrogen-bond donors (Lipinski definition) is 1. The minimum Gasteiger partial charge on any atom is -0.493 e. The van der Waals surface area contributed by atoms with Crippen LogP contribution in [0.2, 0.25) is 0 Å². The second-order valence-electron chi connectivity index (χ2n) is 11.3. The molecule has 2 fully saturated rings. The molecule has 0 bridgehead atoms. The topological polar surface area (TPSA) is 80.8 Å². The lowest BCUT2D eigenvalue weighted by atomic mass is 9.81. The Morgan fingerprint density at radius 2 is 1.66 bits per heavy atom. The summed E-state index contributed by atoms with van der Waals surface area (Å²) in [5, 5.41) is 6.72. The van der Waals surface area contributed by atoms with Gasteiger partial charge in [-0.25, -0.2) is 5.14 Å². The molecule has 1 aliphatic carbocycles. The third kappa shape index (κ3) is 5.24. The van der Waals surface area contributed by atoms with E-state index in [1.54, 1.807) is 0 Å². The number of aromatic nitrogens is 1. The first kappa shape index (κ1) is 25.9. The number of fused-ring (bicyclic) bond motifs is 5. The van der Waals surface area contributed by atoms with E-state index in [4.69, 9.17) is 9.88 Å². The van der Waals surface area contributed by atoms with Gasteiger partial charge >= 0.3 is 0 Å². The largest absolute Gasteiger partial charge is 0.493 e. The Morgan fingerprint density at radius 3 is 2.45 bits per heavy atom. The van der Waals surface area contributed by atoms with Gasteiger partial charge in [0.25, 0.3) is 10.2 Å². The molecule has 0 spiro atoms. The Labute approximate surface area is 226 Å². The highest BCUT2D eigenvalue weighted by Gasteiger charge is 2.30. The van der Waals surface area contributed by atoms with Crippen LogP contribution in [-0.2, 0) is 16.8 Å². The van der Waals surface area contributed by atoms with Crippen molar-refractivity contribution in [3.8, 4) is 17.0 Å². The highest BCUT2D eigenvalue weighted by molar-refractivity contribution is 7.86. The molecule has 1 atom stereocenters. The van der Waals surface area contributed by atoms with Crippen molar-refractivity contribution in [1.82, 2.24) is 13.8 Å². The minimum atomic E-state index is -3.58. The first-order valence-electron chi connectivity index (χ1n) is 14.3. The lowest BCUT2D eigenvalue weighted by Crippen LogP contribution is -2.50. The SMILES string of the molecule is NS(=O)(=O)N1CCN(CCCC2COc3ccccc3-c3c(C4CCCCC4)c4ccccc4n3C2)CC1. The van der Waals surface area contributed by atoms with Gasteiger partial charge in [0.2, 0.25) is 0 Å². The smallest absolute Gasteiger partial charge is 0.276 e. The van der Waals surface area contributed by atoms with Crippen molar-refractivity contribution in [1.29, 1.82) is 0 Å². The molecule has 38 heavy (non-hydrogen) atoms. The molecule has 3 aromatic rings. The van der Waals surface area contributed by atoms with Crippen molar-refractivity contribution < 1.29 is 13.2 Å². The van der Waals surface area contributed by atoms with E-state index >= 15 is 0 Å². The monoisotopic (exact) mass is 536 g/mol. The fraction of sp³-hybridized carbons (Fsp3) is 0.533. The fourth-order valence-electron chi connectivity index (χ4n) is 6.91. The van der Waals surface area contributed by atoms with Gasteiger partial charge in [0, 0.05) is 55.1 Å². The quantitative estimate of drug-likeness (QED) is 0.483. The van der Waals surface area contributed by atoms with Gasteiger partial charge in [-0.3, -0.25) is 0 Å². The molecule has 1 saturated heterocycles. The maximum atomic E-state index is 11.6. The molecule has 1 aromatic heterocycles. The maximum absolute atomic E-state index is 11.6. The van der Waals surface area contributed by atoms with Crippen molar-refractivity contribution in [3.05, 3.63) is 54.1 Å². The van der Waals surface area contributed by atoms with Crippen LogP contribution in [0.3, 0.4) is 0 Å². The molecular formula is C30H40N4O3S. The Kier molecular flexibility index (Phi) is 7.49. The summed E-state index contributed by atoms with van der Waals surface area (Å²) in [6, 6.07) is 17.6. The second-order valence-corrected chi connectivity index (χ2v) is 12.9. The first-order valence-corrected chi connectivity index (χ1v) is 15.8. The van der Waals surface area contributed by atoms with Crippen LogP contribution in [0, 0.1) is 5.92 Å². The zero-order chi connectivity index (χ0) is 26.1. The van der Waals surface area contributed by atoms with Gasteiger partial charge in [-0.05, 0) is 61.9 Å². The molecule has 1 unspecified atom stereocenters. The predicted octanol–water partition coefficient (Wildman–Crippen LogP) is 4.97. The zero-order valence-corrected chi connectivity index (χ0v) is 23.0. The summed E-state index contributed by atoms with van der Waals surface area (Å²) in [6.07, 6.45) is 8.66. The summed E-state index contributed by atoms with van der Waals surface area (Å²) in [5.41, 5.74) is 5.49. The summed E-state index contributed by atoms with van der Waals surface area (Å²) in [5.74, 6) is 2.01. The first-order chi connectivity index (χ1) is 18.5. The van der Waals surface area contributed by atoms with E-state index in [-0.39, 0.29) is 0 Å². The molecule has 8 heteroatoms. The highest BCUT2D eigenvalue weighted by atomic mass is 32.2. The van der Waals surface area contributed by atoms with Crippen molar-refractivity contribution in [2.45, 2.75) is 57.4 Å². The van der Waals surface area contributed by atoms with Gasteiger partial charge in [0.15, 0.2) is 0 Å². The zero-order valence-electron chi connectivity index (χ0n) is 22.2. The van der Waals surface area contributed by atoms with Crippen LogP contribution in [0.4, 0.5) is 0 Å². The molecule has 6 rings (SSSR count). The third-order valence-electron chi connectivity index (χ3n) is 8.86. The summed E-state index contributed by atoms with van der Waals surface area (Å²) in [6.45, 7) is 5.06. The van der Waals surface area contributed by atoms with Crippen molar-refractivity contribution in [3.63, 3.8) is 0 Å². The van der Waals surface area contributed by atoms with Gasteiger partial charge in [-0.15, -0.1) is 0 Å². The molecule has 0 amide bonds. The standard InChI is InChI=1S/C30H40N4O3S/c31-38(35,36)33-19-17-32(18-20-33)16-8-9-23-21-34-27-14-6-4-12-25(27)29(24-10-2-1-3-11-24)30(34)26-13-5-7-15-28(26)37-22-23/h4-7,12-15,23-24H,1-3,8-11,16-22H2,(H2,31,35,36). The number of nitrogens with two attached hydrogens (primary N) is 1. The van der Waals surface area contributed by atoms with E-state index in [9.17, 15) is 8.42 Å². The molecule has 2 aliphatic heterocycles. The average molecular weight is 537 g/mol. The third-order valence-corrected chi connectivity index (χ3v) is 9.94. The van der Waals surface area contributed by atoms with E-state index in [0.717, 1.165) is 44.8 Å². The Hall–Kier alpha value is -2.39. The van der Waals surface area contributed by atoms with Crippen LogP contribution < -0.4 is 9.88 Å². The molecule has 2 N–H and O–H groups in total. The summed E-state index contributed by atoms with van der Waals surface area (Å²) in [7, 11) is -3.58. The lowest BCUT2D eigenvalue weighted by Gasteiger charge is -2.33. The van der Waals surface area contributed by atoms with Crippen molar-refractivity contribution in [2.24, 2.45) is 11.1 Å². The molecule has 3 heterocycles. The number of benzene rings is 2. The summed E-state index contributed by atoms with van der Waals surface area (Å²) in [4.78, 5) is 2.36. The lowest BCUT2D eigenvalue weighted by molar-refractivity contribution is 0.172. The number of nitrogens with zero attached hydrogens (tertiary/aromatic N) is 3. The van der Waals surface area contributed by atoms with Crippen LogP contribution in [0.1, 0.15) is 56.4 Å². The van der Waals surface area contributed by atoms with Gasteiger partial charge in [0.1, 0.15) is 5.75 Å². The van der Waals surface area contributed by atoms with Gasteiger partial charge < -0.3 is 14.2 Å². The van der Waals surface area contributed by atoms with E-state index in [0.29, 0.717) is 31.5 Å². The van der Waals surface area contributed by atoms with E-state index in [1.165, 1.54) is 64.1 Å². The molecule has 3 aliphatic rings. The van der Waals surface area contributed by atoms with Gasteiger partial charge in [-0.1, -0.05) is 49.6 Å². The fourth-order valence-corrected chi connectivity index (χ4v) is 7.58. The Bertz CT molecular complexity index is 1370. The van der Waals surface area contributed by atoms with Crippen LogP contribution >= 0.6 is 0 Å². The van der Waals surface area contributed by atoms with Crippen LogP contribution in [0.25, 0.3) is 22.2 Å². The van der Waals surface area contributed by atoms with Crippen LogP contribution in [0.5, 0.6) is 5.75 Å². The van der Waals surface area contributed by atoms with Crippen molar-refractivity contribution in [2.75, 3.05) is 39.3 Å². The normalized spacial score (nSPS) is 21.9. The number of hydrogen-bond acceptors (Lipinski definition) is 4. The van der Waals surface area contributed by atoms with Gasteiger partial charge in [0.05, 0.1) is 12.3 Å². The molecule has 7 nitrogen and oxygen atoms in total. The van der Waals surface area contributed by atoms with Gasteiger partial charge in [-0.2, -0.15) is 12.7 Å². The maximum Gasteiger partial charge on any atom is 0.276 e. The van der Waals surface area contributed by atoms with Crippen LogP contribution in [-0.4, -0.2) is 61.5 Å². The molecule has 0 radical (unpaired) electrons. The highest BCUT2D eigenvalue weighted by Crippen LogP contribution is 2.47. The second kappa shape index (κ2) is 11.0. The Balaban J connectivity index is 1.25. The van der Waals surface area contributed by atoms with E-state index in [2.05, 4.69) is 58.0 Å². The molecule has 1 saturated carbocycles. The number of piperazine rings is 1. The van der Waals surface area contributed by atoms with Crippen LogP contribution in [0.15, 0.2) is 48.5 Å². The Morgan fingerprint density at radius 1 is 0.921 bits per heavy atom. The van der Waals surface area contributed by atoms with E-state index in [1.807, 2.05) is 0 Å². The molecule has 204 valence electrons. The minimum absolute atomic E-state index is 0.405. The number of para-hydroxylation sites is 2.